The molecule has 0 radical (unpaired) electrons. The van der Waals surface area contributed by atoms with Crippen LogP contribution in [0.15, 0.2) is 60.1 Å². The van der Waals surface area contributed by atoms with Crippen LogP contribution in [0.3, 0.4) is 0 Å². The zero-order chi connectivity index (χ0) is 18.4. The lowest BCUT2D eigenvalue weighted by atomic mass is 9.83. The van der Waals surface area contributed by atoms with Gasteiger partial charge < -0.3 is 10.0 Å². The number of hydrogen-bond acceptors (Lipinski definition) is 5. The molecule has 5 heteroatoms. The lowest BCUT2D eigenvalue weighted by Crippen LogP contribution is -2.31. The molecule has 2 aromatic heterocycles. The molecule has 1 N–H and O–H groups in total. The summed E-state index contributed by atoms with van der Waals surface area (Å²) in [6, 6.07) is 16.7. The smallest absolute Gasteiger partial charge is 0.129 e. The Kier molecular flexibility index (Phi) is 3.92. The molecular formula is C22H19N3OS. The topological polar surface area (TPSA) is 49.2 Å². The largest absolute Gasteiger partial charge is 0.507 e. The Labute approximate surface area is 161 Å². The maximum atomic E-state index is 11.0. The van der Waals surface area contributed by atoms with Crippen molar-refractivity contribution in [1.82, 2.24) is 15.1 Å². The number of aromatic nitrogens is 2. The van der Waals surface area contributed by atoms with Crippen molar-refractivity contribution in [2.24, 2.45) is 0 Å². The minimum atomic E-state index is 0.241. The second-order valence-electron chi connectivity index (χ2n) is 7.11. The molecular weight excluding hydrogens is 354 g/mol. The molecule has 1 aliphatic rings. The predicted octanol–water partition coefficient (Wildman–Crippen LogP) is 4.64. The van der Waals surface area contributed by atoms with Crippen LogP contribution < -0.4 is 0 Å². The summed E-state index contributed by atoms with van der Waals surface area (Å²) in [5.41, 5.74) is 4.92. The number of phenols is 1. The maximum Gasteiger partial charge on any atom is 0.129 e. The number of thiophene rings is 1. The van der Waals surface area contributed by atoms with Crippen LogP contribution in [0, 0.1) is 0 Å². The van der Waals surface area contributed by atoms with Crippen LogP contribution >= 0.6 is 11.3 Å². The van der Waals surface area contributed by atoms with E-state index in [2.05, 4.69) is 57.9 Å². The van der Waals surface area contributed by atoms with Crippen LogP contribution in [0.4, 0.5) is 0 Å². The first-order valence-electron chi connectivity index (χ1n) is 8.99. The lowest BCUT2D eigenvalue weighted by Gasteiger charge is -2.33. The van der Waals surface area contributed by atoms with Crippen LogP contribution in [0.1, 0.15) is 22.6 Å². The van der Waals surface area contributed by atoms with Crippen molar-refractivity contribution in [2.45, 2.75) is 12.5 Å². The van der Waals surface area contributed by atoms with Gasteiger partial charge in [0.05, 0.1) is 5.69 Å². The van der Waals surface area contributed by atoms with E-state index in [9.17, 15) is 5.11 Å². The first-order valence-corrected chi connectivity index (χ1v) is 9.87. The highest BCUT2D eigenvalue weighted by atomic mass is 32.1. The predicted molar refractivity (Wildman–Crippen MR) is 109 cm³/mol. The van der Waals surface area contributed by atoms with Crippen LogP contribution in [0.2, 0.25) is 0 Å². The van der Waals surface area contributed by atoms with E-state index >= 15 is 0 Å². The quantitative estimate of drug-likeness (QED) is 0.556. The van der Waals surface area contributed by atoms with E-state index in [-0.39, 0.29) is 5.92 Å². The third-order valence-corrected chi connectivity index (χ3v) is 6.24. The average Bonchev–Trinajstić information content (AvgIpc) is 3.17. The Morgan fingerprint density at radius 2 is 2.07 bits per heavy atom. The van der Waals surface area contributed by atoms with Crippen LogP contribution in [0.5, 0.6) is 5.75 Å². The van der Waals surface area contributed by atoms with Gasteiger partial charge in [-0.3, -0.25) is 0 Å². The van der Waals surface area contributed by atoms with Crippen molar-refractivity contribution in [1.29, 1.82) is 0 Å². The minimum absolute atomic E-state index is 0.241. The summed E-state index contributed by atoms with van der Waals surface area (Å²) in [5, 5.41) is 22.5. The van der Waals surface area contributed by atoms with Gasteiger partial charge in [-0.25, -0.2) is 0 Å². The second-order valence-corrected chi connectivity index (χ2v) is 8.05. The molecule has 2 aromatic carbocycles. The summed E-state index contributed by atoms with van der Waals surface area (Å²) in [5.74, 6) is 0.561. The molecule has 0 fully saturated rings. The fourth-order valence-corrected chi connectivity index (χ4v) is 4.80. The Bertz CT molecular complexity index is 1120. The normalized spacial score (nSPS) is 17.1. The number of phenolic OH excluding ortho intramolecular Hbond substituents is 1. The fourth-order valence-electron chi connectivity index (χ4n) is 4.03. The summed E-state index contributed by atoms with van der Waals surface area (Å²) in [7, 11) is 2.10. The van der Waals surface area contributed by atoms with Crippen molar-refractivity contribution in [3.05, 3.63) is 76.8 Å². The van der Waals surface area contributed by atoms with E-state index in [1.165, 1.54) is 21.2 Å². The van der Waals surface area contributed by atoms with Crippen molar-refractivity contribution in [3.8, 4) is 17.0 Å². The summed E-state index contributed by atoms with van der Waals surface area (Å²) >= 11 is 1.77. The third kappa shape index (κ3) is 2.80. The lowest BCUT2D eigenvalue weighted by molar-refractivity contribution is 0.288. The summed E-state index contributed by atoms with van der Waals surface area (Å²) in [6.07, 6.45) is 1.64. The van der Waals surface area contributed by atoms with Crippen molar-refractivity contribution in [2.75, 3.05) is 13.6 Å². The van der Waals surface area contributed by atoms with E-state index in [0.29, 0.717) is 11.4 Å². The molecule has 0 amide bonds. The summed E-state index contributed by atoms with van der Waals surface area (Å²) in [4.78, 5) is 2.27. The van der Waals surface area contributed by atoms with Crippen molar-refractivity contribution >= 4 is 21.4 Å². The Hall–Kier alpha value is -2.76. The monoisotopic (exact) mass is 373 g/mol. The molecule has 0 aliphatic carbocycles. The first-order chi connectivity index (χ1) is 13.2. The zero-order valence-corrected chi connectivity index (χ0v) is 15.8. The molecule has 0 spiro atoms. The number of rotatable bonds is 2. The van der Waals surface area contributed by atoms with E-state index in [1.54, 1.807) is 17.5 Å². The SMILES string of the molecule is CN1Cc2c(ccc(-c3cccnn3)c2O)C(c2ccc3sccc3c2)C1. The molecule has 5 rings (SSSR count). The van der Waals surface area contributed by atoms with Gasteiger partial charge in [0, 0.05) is 41.0 Å². The Morgan fingerprint density at radius 1 is 1.15 bits per heavy atom. The summed E-state index contributed by atoms with van der Waals surface area (Å²) < 4.78 is 1.31. The van der Waals surface area contributed by atoms with Gasteiger partial charge in [-0.2, -0.15) is 10.2 Å². The van der Waals surface area contributed by atoms with Crippen molar-refractivity contribution in [3.63, 3.8) is 0 Å². The number of nitrogens with zero attached hydrogens (tertiary/aromatic N) is 3. The molecule has 0 bridgehead atoms. The average molecular weight is 373 g/mol. The van der Waals surface area contributed by atoms with E-state index < -0.39 is 0 Å². The zero-order valence-electron chi connectivity index (χ0n) is 15.0. The van der Waals surface area contributed by atoms with Crippen LogP contribution in [0.25, 0.3) is 21.3 Å². The van der Waals surface area contributed by atoms with E-state index in [4.69, 9.17) is 0 Å². The van der Waals surface area contributed by atoms with Crippen LogP contribution in [-0.2, 0) is 6.54 Å². The fraction of sp³-hybridized carbons (Fsp3) is 0.182. The standard InChI is InChI=1S/C22H19N3OS/c1-25-12-18(14-4-7-21-15(11-14)8-10-27-21)16-5-6-17(22(26)19(16)13-25)20-3-2-9-23-24-20/h2-11,18,26H,12-13H2,1H3. The van der Waals surface area contributed by atoms with Crippen molar-refractivity contribution < 1.29 is 5.11 Å². The van der Waals surface area contributed by atoms with Gasteiger partial charge in [0.15, 0.2) is 0 Å². The van der Waals surface area contributed by atoms with Gasteiger partial charge in [0.2, 0.25) is 0 Å². The molecule has 1 unspecified atom stereocenters. The minimum Gasteiger partial charge on any atom is -0.507 e. The highest BCUT2D eigenvalue weighted by molar-refractivity contribution is 7.17. The molecule has 134 valence electrons. The van der Waals surface area contributed by atoms with Gasteiger partial charge >= 0.3 is 0 Å². The Morgan fingerprint density at radius 3 is 2.93 bits per heavy atom. The molecule has 0 saturated carbocycles. The van der Waals surface area contributed by atoms with E-state index in [0.717, 1.165) is 24.2 Å². The highest BCUT2D eigenvalue weighted by Crippen LogP contribution is 2.42. The molecule has 3 heterocycles. The number of benzene rings is 2. The number of likely N-dealkylation sites (N-methyl/N-ethyl adjacent to an activating group) is 1. The van der Waals surface area contributed by atoms with Gasteiger partial charge in [-0.1, -0.05) is 12.1 Å². The molecule has 4 nitrogen and oxygen atoms in total. The molecule has 0 saturated heterocycles. The third-order valence-electron chi connectivity index (χ3n) is 5.34. The first kappa shape index (κ1) is 16.4. The molecule has 1 atom stereocenters. The van der Waals surface area contributed by atoms with Gasteiger partial charge in [-0.05, 0) is 65.3 Å². The highest BCUT2D eigenvalue weighted by Gasteiger charge is 2.28. The van der Waals surface area contributed by atoms with E-state index in [1.807, 2.05) is 18.2 Å². The molecule has 27 heavy (non-hydrogen) atoms. The molecule has 1 aliphatic heterocycles. The maximum absolute atomic E-state index is 11.0. The van der Waals surface area contributed by atoms with Gasteiger partial charge in [-0.15, -0.1) is 11.3 Å². The number of aromatic hydroxyl groups is 1. The summed E-state index contributed by atoms with van der Waals surface area (Å²) in [6.45, 7) is 1.67. The second kappa shape index (κ2) is 6.44. The Balaban J connectivity index is 1.64. The van der Waals surface area contributed by atoms with Crippen LogP contribution in [-0.4, -0.2) is 33.8 Å². The number of hydrogen-bond donors (Lipinski definition) is 1. The number of fused-ring (bicyclic) bond motifs is 2. The van der Waals surface area contributed by atoms with Gasteiger partial charge in [0.1, 0.15) is 5.75 Å². The molecule has 4 aromatic rings. The van der Waals surface area contributed by atoms with Gasteiger partial charge in [0.25, 0.3) is 0 Å².